The highest BCUT2D eigenvalue weighted by molar-refractivity contribution is 7.20. The molecule has 1 amide bonds. The van der Waals surface area contributed by atoms with Crippen molar-refractivity contribution in [1.29, 1.82) is 0 Å². The summed E-state index contributed by atoms with van der Waals surface area (Å²) < 4.78 is 0.715. The van der Waals surface area contributed by atoms with Crippen molar-refractivity contribution in [3.8, 4) is 0 Å². The highest BCUT2D eigenvalue weighted by Crippen LogP contribution is 2.31. The van der Waals surface area contributed by atoms with E-state index in [0.717, 1.165) is 11.3 Å². The van der Waals surface area contributed by atoms with E-state index in [2.05, 4.69) is 15.3 Å². The van der Waals surface area contributed by atoms with E-state index in [9.17, 15) is 4.79 Å². The quantitative estimate of drug-likeness (QED) is 0.649. The molecule has 0 unspecified atom stereocenters. The molecule has 0 aliphatic rings. The van der Waals surface area contributed by atoms with Crippen LogP contribution in [0.2, 0.25) is 19.1 Å². The maximum atomic E-state index is 11.9. The average Bonchev–Trinajstić information content (AvgIpc) is 2.56. The first-order valence-electron chi connectivity index (χ1n) is 4.42. The van der Waals surface area contributed by atoms with Gasteiger partial charge in [-0.2, -0.15) is 0 Å². The smallest absolute Gasteiger partial charge is 0.259 e. The number of anilines is 1. The number of rotatable bonds is 2. The Labute approximate surface area is 126 Å². The van der Waals surface area contributed by atoms with Crippen LogP contribution in [-0.4, -0.2) is 15.9 Å². The second-order valence-corrected chi connectivity index (χ2v) is 6.05. The third kappa shape index (κ3) is 3.24. The number of hydrogen-bond donors (Lipinski definition) is 1. The molecule has 2 aromatic rings. The number of carbonyl (C=O) groups is 1. The van der Waals surface area contributed by atoms with Gasteiger partial charge in [0.25, 0.3) is 5.91 Å². The second kappa shape index (κ2) is 5.59. The van der Waals surface area contributed by atoms with E-state index < -0.39 is 5.91 Å². The van der Waals surface area contributed by atoms with Crippen molar-refractivity contribution in [3.05, 3.63) is 36.8 Å². The van der Waals surface area contributed by atoms with Gasteiger partial charge in [-0.3, -0.25) is 4.79 Å². The molecule has 18 heavy (non-hydrogen) atoms. The van der Waals surface area contributed by atoms with Crippen LogP contribution < -0.4 is 5.32 Å². The molecule has 4 nitrogen and oxygen atoms in total. The van der Waals surface area contributed by atoms with Gasteiger partial charge in [-0.25, -0.2) is 9.97 Å². The predicted octanol–water partition coefficient (Wildman–Crippen LogP) is 4.40. The lowest BCUT2D eigenvalue weighted by atomic mass is 10.3. The third-order valence-electron chi connectivity index (χ3n) is 1.81. The maximum Gasteiger partial charge on any atom is 0.259 e. The van der Waals surface area contributed by atoms with Crippen LogP contribution in [0.15, 0.2) is 12.1 Å². The van der Waals surface area contributed by atoms with Crippen molar-refractivity contribution in [1.82, 2.24) is 9.97 Å². The molecule has 0 fully saturated rings. The zero-order valence-corrected chi connectivity index (χ0v) is 12.2. The number of aromatic nitrogens is 2. The number of nitrogens with zero attached hydrogens (tertiary/aromatic N) is 2. The molecule has 94 valence electrons. The summed E-state index contributed by atoms with van der Waals surface area (Å²) in [7, 11) is 0. The molecular formula is C9H3Cl4N3OS. The fourth-order valence-corrected chi connectivity index (χ4v) is 3.00. The van der Waals surface area contributed by atoms with Crippen molar-refractivity contribution in [2.45, 2.75) is 0 Å². The van der Waals surface area contributed by atoms with Gasteiger partial charge in [0, 0.05) is 6.07 Å². The van der Waals surface area contributed by atoms with E-state index >= 15 is 0 Å². The van der Waals surface area contributed by atoms with Crippen LogP contribution in [-0.2, 0) is 0 Å². The van der Waals surface area contributed by atoms with Gasteiger partial charge in [-0.05, 0) is 17.7 Å². The summed E-state index contributed by atoms with van der Waals surface area (Å²) in [6, 6.07) is 2.83. The molecule has 0 aliphatic heterocycles. The highest BCUT2D eigenvalue weighted by atomic mass is 35.5. The molecule has 0 aliphatic carbocycles. The lowest BCUT2D eigenvalue weighted by Crippen LogP contribution is -2.12. The van der Waals surface area contributed by atoms with Crippen LogP contribution in [0.4, 0.5) is 5.82 Å². The molecule has 0 saturated carbocycles. The lowest BCUT2D eigenvalue weighted by Gasteiger charge is -2.03. The van der Waals surface area contributed by atoms with E-state index in [-0.39, 0.29) is 21.8 Å². The topological polar surface area (TPSA) is 54.9 Å². The fourth-order valence-electron chi connectivity index (χ4n) is 1.13. The van der Waals surface area contributed by atoms with Gasteiger partial charge in [-0.1, -0.05) is 34.8 Å². The predicted molar refractivity (Wildman–Crippen MR) is 74.3 cm³/mol. The standard InChI is InChI=1S/C9H3Cl4N3OS/c10-4-2-6(16-9(13)14-4)15-8(17)3-1-5(11)18-7(3)12/h1-2H,(H,14,15,16,17). The van der Waals surface area contributed by atoms with Crippen LogP contribution in [0.5, 0.6) is 0 Å². The minimum Gasteiger partial charge on any atom is -0.306 e. The summed E-state index contributed by atoms with van der Waals surface area (Å²) in [6.45, 7) is 0. The molecule has 2 aromatic heterocycles. The number of hydrogen-bond acceptors (Lipinski definition) is 4. The first-order valence-corrected chi connectivity index (χ1v) is 6.75. The van der Waals surface area contributed by atoms with E-state index in [0.29, 0.717) is 8.67 Å². The number of nitrogens with one attached hydrogen (secondary N) is 1. The van der Waals surface area contributed by atoms with Crippen LogP contribution in [0, 0.1) is 0 Å². The van der Waals surface area contributed by atoms with Crippen molar-refractivity contribution < 1.29 is 4.79 Å². The largest absolute Gasteiger partial charge is 0.306 e. The first-order chi connectivity index (χ1) is 8.45. The Morgan fingerprint density at radius 1 is 1.17 bits per heavy atom. The maximum absolute atomic E-state index is 11.9. The molecule has 2 rings (SSSR count). The SMILES string of the molecule is O=C(Nc1cc(Cl)nc(Cl)n1)c1cc(Cl)sc1Cl. The van der Waals surface area contributed by atoms with Gasteiger partial charge in [-0.15, -0.1) is 11.3 Å². The van der Waals surface area contributed by atoms with E-state index in [1.54, 1.807) is 0 Å². The number of carbonyl (C=O) groups excluding carboxylic acids is 1. The van der Waals surface area contributed by atoms with E-state index in [1.807, 2.05) is 0 Å². The average molecular weight is 343 g/mol. The summed E-state index contributed by atoms with van der Waals surface area (Å²) >= 11 is 24.0. The summed E-state index contributed by atoms with van der Waals surface area (Å²) in [6.07, 6.45) is 0. The monoisotopic (exact) mass is 341 g/mol. The first kappa shape index (κ1) is 13.8. The molecule has 0 radical (unpaired) electrons. The summed E-state index contributed by atoms with van der Waals surface area (Å²) in [5, 5.41) is 2.56. The Hall–Kier alpha value is -0.590. The van der Waals surface area contributed by atoms with Crippen LogP contribution >= 0.6 is 57.7 Å². The van der Waals surface area contributed by atoms with Crippen molar-refractivity contribution in [2.75, 3.05) is 5.32 Å². The van der Waals surface area contributed by atoms with Crippen LogP contribution in [0.1, 0.15) is 10.4 Å². The molecule has 0 saturated heterocycles. The summed E-state index contributed by atoms with van der Waals surface area (Å²) in [5.41, 5.74) is 0.262. The molecule has 0 aromatic carbocycles. The number of amides is 1. The highest BCUT2D eigenvalue weighted by Gasteiger charge is 2.15. The molecule has 1 N–H and O–H groups in total. The Morgan fingerprint density at radius 2 is 1.89 bits per heavy atom. The summed E-state index contributed by atoms with van der Waals surface area (Å²) in [4.78, 5) is 19.3. The molecule has 2 heterocycles. The van der Waals surface area contributed by atoms with Crippen molar-refractivity contribution in [2.24, 2.45) is 0 Å². The van der Waals surface area contributed by atoms with Crippen LogP contribution in [0.3, 0.4) is 0 Å². The van der Waals surface area contributed by atoms with Crippen molar-refractivity contribution >= 4 is 69.5 Å². The lowest BCUT2D eigenvalue weighted by molar-refractivity contribution is 0.102. The minimum atomic E-state index is -0.450. The second-order valence-electron chi connectivity index (χ2n) is 3.04. The molecule has 9 heteroatoms. The minimum absolute atomic E-state index is 0.0627. The van der Waals surface area contributed by atoms with Gasteiger partial charge in [0.05, 0.1) is 9.90 Å². The summed E-state index contributed by atoms with van der Waals surface area (Å²) in [5.74, 6) is -0.266. The van der Waals surface area contributed by atoms with Gasteiger partial charge in [0.1, 0.15) is 15.3 Å². The fraction of sp³-hybridized carbons (Fsp3) is 0. The molecular weight excluding hydrogens is 340 g/mol. The molecule has 0 spiro atoms. The third-order valence-corrected chi connectivity index (χ3v) is 3.66. The Balaban J connectivity index is 2.23. The Bertz CT molecular complexity index is 596. The molecule has 0 atom stereocenters. The van der Waals surface area contributed by atoms with Gasteiger partial charge in [0.15, 0.2) is 0 Å². The van der Waals surface area contributed by atoms with Gasteiger partial charge >= 0.3 is 0 Å². The Morgan fingerprint density at radius 3 is 2.44 bits per heavy atom. The van der Waals surface area contributed by atoms with E-state index in [4.69, 9.17) is 46.4 Å². The van der Waals surface area contributed by atoms with Gasteiger partial charge < -0.3 is 5.32 Å². The number of halogens is 4. The zero-order valence-electron chi connectivity index (χ0n) is 8.38. The number of thiophene rings is 1. The van der Waals surface area contributed by atoms with E-state index in [1.165, 1.54) is 12.1 Å². The van der Waals surface area contributed by atoms with Gasteiger partial charge in [0.2, 0.25) is 5.28 Å². The normalized spacial score (nSPS) is 10.4. The molecule has 0 bridgehead atoms. The Kier molecular flexibility index (Phi) is 4.29. The zero-order chi connectivity index (χ0) is 13.3. The van der Waals surface area contributed by atoms with Crippen molar-refractivity contribution in [3.63, 3.8) is 0 Å². The van der Waals surface area contributed by atoms with Crippen LogP contribution in [0.25, 0.3) is 0 Å².